The van der Waals surface area contributed by atoms with Crippen molar-refractivity contribution in [2.24, 2.45) is 17.6 Å². The van der Waals surface area contributed by atoms with Gasteiger partial charge in [0.2, 0.25) is 0 Å². The predicted octanol–water partition coefficient (Wildman–Crippen LogP) is 0.104. The molecule has 0 bridgehead atoms. The summed E-state index contributed by atoms with van der Waals surface area (Å²) in [7, 11) is 0. The van der Waals surface area contributed by atoms with Crippen molar-refractivity contribution in [3.05, 3.63) is 0 Å². The summed E-state index contributed by atoms with van der Waals surface area (Å²) < 4.78 is 4.88. The molecule has 0 aromatic heterocycles. The van der Waals surface area contributed by atoms with Crippen LogP contribution in [0.5, 0.6) is 0 Å². The third-order valence-electron chi connectivity index (χ3n) is 2.47. The van der Waals surface area contributed by atoms with Gasteiger partial charge in [0.25, 0.3) is 0 Å². The Balaban J connectivity index is 2.50. The third kappa shape index (κ3) is 2.28. The minimum absolute atomic E-state index is 0.00162. The lowest BCUT2D eigenvalue weighted by atomic mass is 9.89. The van der Waals surface area contributed by atoms with Crippen LogP contribution in [-0.4, -0.2) is 24.9 Å². The number of ketones is 1. The Bertz CT molecular complexity index is 215. The van der Waals surface area contributed by atoms with E-state index in [0.29, 0.717) is 13.0 Å². The van der Waals surface area contributed by atoms with E-state index >= 15 is 0 Å². The number of Topliss-reactive ketones (excluding diaryl/α,β-unsaturated/α-hetero) is 1. The van der Waals surface area contributed by atoms with E-state index in [1.165, 1.54) is 0 Å². The molecule has 0 unspecified atom stereocenters. The molecule has 2 atom stereocenters. The van der Waals surface area contributed by atoms with Crippen LogP contribution in [0.4, 0.5) is 0 Å². The zero-order valence-electron chi connectivity index (χ0n) is 7.79. The molecule has 1 saturated heterocycles. The molecule has 1 rings (SSSR count). The molecular formula is C9H15NO3. The first-order valence-electron chi connectivity index (χ1n) is 4.57. The Hall–Kier alpha value is -0.900. The fraction of sp³-hybridized carbons (Fsp3) is 0.778. The van der Waals surface area contributed by atoms with Crippen LogP contribution < -0.4 is 5.73 Å². The van der Waals surface area contributed by atoms with Gasteiger partial charge in [-0.25, -0.2) is 0 Å². The Morgan fingerprint density at radius 3 is 2.92 bits per heavy atom. The molecule has 0 amide bonds. The van der Waals surface area contributed by atoms with E-state index in [-0.39, 0.29) is 30.1 Å². The van der Waals surface area contributed by atoms with E-state index in [2.05, 4.69) is 0 Å². The lowest BCUT2D eigenvalue weighted by Gasteiger charge is -2.10. The maximum atomic E-state index is 11.1. The zero-order valence-corrected chi connectivity index (χ0v) is 7.79. The fourth-order valence-corrected chi connectivity index (χ4v) is 1.68. The largest absolute Gasteiger partial charge is 0.465 e. The van der Waals surface area contributed by atoms with E-state index in [0.717, 1.165) is 6.42 Å². The van der Waals surface area contributed by atoms with E-state index in [1.54, 1.807) is 0 Å². The third-order valence-corrected chi connectivity index (χ3v) is 2.47. The van der Waals surface area contributed by atoms with Gasteiger partial charge in [0.05, 0.1) is 19.1 Å². The molecule has 0 aliphatic carbocycles. The smallest absolute Gasteiger partial charge is 0.309 e. The SMILES string of the molecule is CC[C@@H]1C(=O)OC[C@@H]1CC(=O)CN. The number of esters is 1. The number of rotatable bonds is 4. The minimum Gasteiger partial charge on any atom is -0.465 e. The number of nitrogens with two attached hydrogens (primary N) is 1. The summed E-state index contributed by atoms with van der Waals surface area (Å²) in [6, 6.07) is 0. The van der Waals surface area contributed by atoms with E-state index < -0.39 is 0 Å². The molecule has 0 spiro atoms. The van der Waals surface area contributed by atoms with Crippen LogP contribution in [-0.2, 0) is 14.3 Å². The first kappa shape index (κ1) is 10.2. The highest BCUT2D eigenvalue weighted by atomic mass is 16.5. The molecule has 2 N–H and O–H groups in total. The van der Waals surface area contributed by atoms with Crippen LogP contribution in [0, 0.1) is 11.8 Å². The summed E-state index contributed by atoms with van der Waals surface area (Å²) in [4.78, 5) is 22.2. The molecule has 0 aromatic rings. The maximum Gasteiger partial charge on any atom is 0.309 e. The molecule has 0 radical (unpaired) electrons. The van der Waals surface area contributed by atoms with Gasteiger partial charge in [0.15, 0.2) is 0 Å². The van der Waals surface area contributed by atoms with Gasteiger partial charge >= 0.3 is 5.97 Å². The van der Waals surface area contributed by atoms with Crippen LogP contribution in [0.1, 0.15) is 19.8 Å². The summed E-state index contributed by atoms with van der Waals surface area (Å²) in [5.41, 5.74) is 5.20. The Labute approximate surface area is 77.4 Å². The Kier molecular flexibility index (Phi) is 3.42. The van der Waals surface area contributed by atoms with Gasteiger partial charge < -0.3 is 10.5 Å². The summed E-state index contributed by atoms with van der Waals surface area (Å²) in [5.74, 6) is -0.219. The van der Waals surface area contributed by atoms with Crippen LogP contribution >= 0.6 is 0 Å². The van der Waals surface area contributed by atoms with Crippen LogP contribution in [0.15, 0.2) is 0 Å². The number of ether oxygens (including phenoxy) is 1. The highest BCUT2D eigenvalue weighted by Gasteiger charge is 2.36. The van der Waals surface area contributed by atoms with Crippen molar-refractivity contribution in [3.63, 3.8) is 0 Å². The zero-order chi connectivity index (χ0) is 9.84. The van der Waals surface area contributed by atoms with Crippen molar-refractivity contribution in [1.82, 2.24) is 0 Å². The minimum atomic E-state index is -0.169. The summed E-state index contributed by atoms with van der Waals surface area (Å²) in [6.07, 6.45) is 1.11. The van der Waals surface area contributed by atoms with Crippen molar-refractivity contribution in [1.29, 1.82) is 0 Å². The normalized spacial score (nSPS) is 27.4. The quantitative estimate of drug-likeness (QED) is 0.631. The van der Waals surface area contributed by atoms with Gasteiger partial charge in [-0.05, 0) is 6.42 Å². The number of hydrogen-bond donors (Lipinski definition) is 1. The Morgan fingerprint density at radius 2 is 2.38 bits per heavy atom. The van der Waals surface area contributed by atoms with Crippen LogP contribution in [0.25, 0.3) is 0 Å². The summed E-state index contributed by atoms with van der Waals surface area (Å²) >= 11 is 0. The molecule has 4 heteroatoms. The van der Waals surface area contributed by atoms with Crippen molar-refractivity contribution >= 4 is 11.8 Å². The lowest BCUT2D eigenvalue weighted by molar-refractivity contribution is -0.141. The van der Waals surface area contributed by atoms with E-state index in [9.17, 15) is 9.59 Å². The molecule has 1 fully saturated rings. The van der Waals surface area contributed by atoms with Crippen molar-refractivity contribution in [2.45, 2.75) is 19.8 Å². The summed E-state index contributed by atoms with van der Waals surface area (Å²) in [5, 5.41) is 0. The van der Waals surface area contributed by atoms with Gasteiger partial charge in [0, 0.05) is 12.3 Å². The molecule has 0 aromatic carbocycles. The van der Waals surface area contributed by atoms with Crippen molar-refractivity contribution in [2.75, 3.05) is 13.2 Å². The van der Waals surface area contributed by atoms with Gasteiger partial charge in [0.1, 0.15) is 5.78 Å². The Morgan fingerprint density at radius 1 is 1.69 bits per heavy atom. The van der Waals surface area contributed by atoms with E-state index in [1.807, 2.05) is 6.92 Å². The molecule has 1 aliphatic rings. The van der Waals surface area contributed by atoms with Gasteiger partial charge in [-0.2, -0.15) is 0 Å². The van der Waals surface area contributed by atoms with Gasteiger partial charge in [-0.1, -0.05) is 6.92 Å². The predicted molar refractivity (Wildman–Crippen MR) is 46.9 cm³/mol. The molecule has 0 saturated carbocycles. The second kappa shape index (κ2) is 4.37. The highest BCUT2D eigenvalue weighted by Crippen LogP contribution is 2.27. The number of cyclic esters (lactones) is 1. The first-order valence-corrected chi connectivity index (χ1v) is 4.57. The average Bonchev–Trinajstić information content (AvgIpc) is 2.46. The number of carbonyl (C=O) groups excluding carboxylic acids is 2. The molecule has 13 heavy (non-hydrogen) atoms. The molecular weight excluding hydrogens is 170 g/mol. The van der Waals surface area contributed by atoms with Crippen LogP contribution in [0.3, 0.4) is 0 Å². The number of hydrogen-bond acceptors (Lipinski definition) is 4. The van der Waals surface area contributed by atoms with Crippen molar-refractivity contribution in [3.8, 4) is 0 Å². The number of carbonyl (C=O) groups is 2. The standard InChI is InChI=1S/C9H15NO3/c1-2-8-6(3-7(11)4-10)5-13-9(8)12/h6,8H,2-5,10H2,1H3/t6-,8-/m0/s1. The molecule has 4 nitrogen and oxygen atoms in total. The van der Waals surface area contributed by atoms with E-state index in [4.69, 9.17) is 10.5 Å². The second-order valence-electron chi connectivity index (χ2n) is 3.35. The molecule has 1 heterocycles. The highest BCUT2D eigenvalue weighted by molar-refractivity contribution is 5.82. The first-order chi connectivity index (χ1) is 6.19. The molecule has 1 aliphatic heterocycles. The second-order valence-corrected chi connectivity index (χ2v) is 3.35. The van der Waals surface area contributed by atoms with Gasteiger partial charge in [-0.3, -0.25) is 9.59 Å². The molecule has 74 valence electrons. The van der Waals surface area contributed by atoms with Gasteiger partial charge in [-0.15, -0.1) is 0 Å². The lowest BCUT2D eigenvalue weighted by Crippen LogP contribution is -2.22. The maximum absolute atomic E-state index is 11.1. The van der Waals surface area contributed by atoms with Crippen molar-refractivity contribution < 1.29 is 14.3 Å². The monoisotopic (exact) mass is 185 g/mol. The topological polar surface area (TPSA) is 69.4 Å². The average molecular weight is 185 g/mol. The summed E-state index contributed by atoms with van der Waals surface area (Å²) in [6.45, 7) is 2.36. The fourth-order valence-electron chi connectivity index (χ4n) is 1.68. The van der Waals surface area contributed by atoms with Crippen LogP contribution in [0.2, 0.25) is 0 Å².